The molecule has 19 atom stereocenters. The van der Waals surface area contributed by atoms with Crippen molar-refractivity contribution < 1.29 is 64.2 Å². The molecule has 0 unspecified atom stereocenters. The normalized spacial score (nSPS) is 53.8. The van der Waals surface area contributed by atoms with Crippen LogP contribution in [0.4, 0.5) is 0 Å². The molecule has 0 aromatic heterocycles. The molecule has 0 bridgehead atoms. The number of aliphatic hydroxyl groups excluding tert-OH is 7. The van der Waals surface area contributed by atoms with Gasteiger partial charge in [-0.1, -0.05) is 0 Å². The zero-order valence-electron chi connectivity index (χ0n) is 22.8. The fourth-order valence-electron chi connectivity index (χ4n) is 5.74. The van der Waals surface area contributed by atoms with Crippen LogP contribution >= 0.6 is 0 Å². The van der Waals surface area contributed by atoms with Crippen LogP contribution in [0.5, 0.6) is 0 Å². The number of hydrogen-bond donors (Lipinski definition) is 13. The molecule has 0 amide bonds. The van der Waals surface area contributed by atoms with Gasteiger partial charge in [-0.15, -0.1) is 0 Å². The lowest BCUT2D eigenvalue weighted by atomic mass is 9.84. The molecule has 0 radical (unpaired) electrons. The second-order valence-electron chi connectivity index (χ2n) is 11.2. The third-order valence-electron chi connectivity index (χ3n) is 8.37. The molecule has 4 fully saturated rings. The predicted octanol–water partition coefficient (Wildman–Crippen LogP) is -8.90. The van der Waals surface area contributed by atoms with E-state index >= 15 is 0 Å². The van der Waals surface area contributed by atoms with Crippen LogP contribution in [0, 0.1) is 0 Å². The molecule has 1 saturated carbocycles. The van der Waals surface area contributed by atoms with Gasteiger partial charge >= 0.3 is 0 Å². The van der Waals surface area contributed by atoms with Crippen molar-refractivity contribution in [2.75, 3.05) is 19.7 Å². The van der Waals surface area contributed by atoms with E-state index in [0.29, 0.717) is 0 Å². The summed E-state index contributed by atoms with van der Waals surface area (Å²) in [6.07, 6.45) is -19.8. The van der Waals surface area contributed by atoms with E-state index in [2.05, 4.69) is 0 Å². The Labute approximate surface area is 241 Å². The van der Waals surface area contributed by atoms with E-state index < -0.39 is 123 Å². The standard InChI is InChI=1S/C23H46N6O13/c24-2-7-13(32)15(34)10(28)21(37-7)40-18-6(27)1-5(26)12(31)20(18)42-23-17(36)19(9(4-30)39-23)41-22-11(29)16(35)14(33)8(3-25)38-22/h5-23,30-36H,1-4,24-29H2/t5-,6+,7-,8+,9-,10+,11+,12-,13-,14-,15-,16+,17+,18+,19+,20-,21-,22-,23+/m1/s1. The van der Waals surface area contributed by atoms with Crippen LogP contribution in [0.2, 0.25) is 0 Å². The molecule has 19 nitrogen and oxygen atoms in total. The molecule has 0 aromatic rings. The summed E-state index contributed by atoms with van der Waals surface area (Å²) >= 11 is 0. The van der Waals surface area contributed by atoms with Crippen LogP contribution in [-0.2, 0) is 28.4 Å². The first-order chi connectivity index (χ1) is 19.8. The fraction of sp³-hybridized carbons (Fsp3) is 1.00. The third kappa shape index (κ3) is 6.60. The largest absolute Gasteiger partial charge is 0.394 e. The monoisotopic (exact) mass is 614 g/mol. The van der Waals surface area contributed by atoms with Crippen molar-refractivity contribution in [1.29, 1.82) is 0 Å². The van der Waals surface area contributed by atoms with Gasteiger partial charge in [0.15, 0.2) is 18.9 Å². The summed E-state index contributed by atoms with van der Waals surface area (Å²) in [4.78, 5) is 0. The number of hydrogen-bond acceptors (Lipinski definition) is 19. The Morgan fingerprint density at radius 3 is 1.45 bits per heavy atom. The quantitative estimate of drug-likeness (QED) is 0.115. The first kappa shape index (κ1) is 34.1. The van der Waals surface area contributed by atoms with E-state index in [-0.39, 0.29) is 19.5 Å². The highest BCUT2D eigenvalue weighted by Gasteiger charge is 2.54. The van der Waals surface area contributed by atoms with Gasteiger partial charge in [-0.3, -0.25) is 0 Å². The smallest absolute Gasteiger partial charge is 0.187 e. The molecule has 3 saturated heterocycles. The molecule has 19 heteroatoms. The zero-order chi connectivity index (χ0) is 31.0. The van der Waals surface area contributed by atoms with Gasteiger partial charge in [-0.05, 0) is 6.42 Å². The first-order valence-electron chi connectivity index (χ1n) is 13.9. The zero-order valence-corrected chi connectivity index (χ0v) is 22.8. The molecule has 42 heavy (non-hydrogen) atoms. The summed E-state index contributed by atoms with van der Waals surface area (Å²) in [6.45, 7) is -0.967. The second kappa shape index (κ2) is 14.1. The minimum Gasteiger partial charge on any atom is -0.394 e. The highest BCUT2D eigenvalue weighted by atomic mass is 16.8. The second-order valence-corrected chi connectivity index (χ2v) is 11.2. The van der Waals surface area contributed by atoms with Crippen LogP contribution in [0.1, 0.15) is 6.42 Å². The minimum absolute atomic E-state index is 0.0889. The third-order valence-corrected chi connectivity index (χ3v) is 8.37. The molecule has 4 aliphatic rings. The van der Waals surface area contributed by atoms with Gasteiger partial charge in [-0.25, -0.2) is 0 Å². The average molecular weight is 615 g/mol. The van der Waals surface area contributed by atoms with E-state index in [9.17, 15) is 35.7 Å². The topological polar surface area (TPSA) is 353 Å². The van der Waals surface area contributed by atoms with E-state index in [1.165, 1.54) is 0 Å². The van der Waals surface area contributed by atoms with Gasteiger partial charge in [0, 0.05) is 25.2 Å². The minimum atomic E-state index is -1.60. The Balaban J connectivity index is 1.50. The van der Waals surface area contributed by atoms with Crippen LogP contribution in [-0.4, -0.2) is 172 Å². The number of ether oxygens (including phenoxy) is 6. The van der Waals surface area contributed by atoms with Crippen LogP contribution < -0.4 is 34.4 Å². The summed E-state index contributed by atoms with van der Waals surface area (Å²) in [6, 6.07) is -4.18. The predicted molar refractivity (Wildman–Crippen MR) is 138 cm³/mol. The van der Waals surface area contributed by atoms with Crippen LogP contribution in [0.3, 0.4) is 0 Å². The summed E-state index contributed by atoms with van der Waals surface area (Å²) < 4.78 is 34.6. The molecule has 3 heterocycles. The van der Waals surface area contributed by atoms with E-state index in [1.54, 1.807) is 0 Å². The molecule has 246 valence electrons. The molecule has 0 spiro atoms. The summed E-state index contributed by atoms with van der Waals surface area (Å²) in [5, 5.41) is 73.0. The Morgan fingerprint density at radius 2 is 0.976 bits per heavy atom. The summed E-state index contributed by atoms with van der Waals surface area (Å²) in [7, 11) is 0. The number of rotatable bonds is 9. The molecule has 4 rings (SSSR count). The molecule has 19 N–H and O–H groups in total. The Morgan fingerprint density at radius 1 is 0.524 bits per heavy atom. The van der Waals surface area contributed by atoms with Crippen LogP contribution in [0.15, 0.2) is 0 Å². The molecular formula is C23H46N6O13. The molecule has 3 aliphatic heterocycles. The van der Waals surface area contributed by atoms with Gasteiger partial charge < -0.3 is 98.6 Å². The maximum absolute atomic E-state index is 11.1. The number of aliphatic hydroxyl groups is 7. The Kier molecular flexibility index (Phi) is 11.5. The van der Waals surface area contributed by atoms with Crippen molar-refractivity contribution >= 4 is 0 Å². The summed E-state index contributed by atoms with van der Waals surface area (Å²) in [5.41, 5.74) is 35.6. The van der Waals surface area contributed by atoms with Gasteiger partial charge in [0.2, 0.25) is 0 Å². The lowest BCUT2D eigenvalue weighted by Gasteiger charge is -2.47. The van der Waals surface area contributed by atoms with Crippen molar-refractivity contribution in [3.05, 3.63) is 0 Å². The summed E-state index contributed by atoms with van der Waals surface area (Å²) in [5.74, 6) is 0. The van der Waals surface area contributed by atoms with Gasteiger partial charge in [0.05, 0.1) is 24.8 Å². The fourth-order valence-corrected chi connectivity index (χ4v) is 5.74. The SMILES string of the molecule is NC[C@@H]1O[C@H](O[C@@H]2[C@H](O)[C@H](O[C@@H]3[C@H](O)[C@H](N)C[C@H](N)[C@@H]3O[C@H]3O[C@H](CN)[C@@H](O)[C@H](O)[C@@H]3N)O[C@@H]2CO)[C@@H](N)[C@H](O)[C@@H]1O. The highest BCUT2D eigenvalue weighted by molar-refractivity contribution is 5.02. The highest BCUT2D eigenvalue weighted by Crippen LogP contribution is 2.34. The van der Waals surface area contributed by atoms with Crippen molar-refractivity contribution in [1.82, 2.24) is 0 Å². The van der Waals surface area contributed by atoms with Gasteiger partial charge in [0.25, 0.3) is 0 Å². The van der Waals surface area contributed by atoms with E-state index in [1.807, 2.05) is 0 Å². The van der Waals surface area contributed by atoms with E-state index in [4.69, 9.17) is 62.8 Å². The maximum atomic E-state index is 11.1. The van der Waals surface area contributed by atoms with Gasteiger partial charge in [0.1, 0.15) is 67.1 Å². The van der Waals surface area contributed by atoms with Crippen molar-refractivity contribution in [3.63, 3.8) is 0 Å². The first-order valence-corrected chi connectivity index (χ1v) is 13.9. The molecular weight excluding hydrogens is 568 g/mol. The lowest BCUT2D eigenvalue weighted by Crippen LogP contribution is -2.68. The average Bonchev–Trinajstić information content (AvgIpc) is 3.27. The lowest BCUT2D eigenvalue weighted by molar-refractivity contribution is -0.306. The van der Waals surface area contributed by atoms with Gasteiger partial charge in [-0.2, -0.15) is 0 Å². The molecule has 1 aliphatic carbocycles. The Hall–Kier alpha value is -0.760. The van der Waals surface area contributed by atoms with Crippen molar-refractivity contribution in [2.24, 2.45) is 34.4 Å². The number of nitrogens with two attached hydrogens (primary N) is 6. The van der Waals surface area contributed by atoms with Crippen molar-refractivity contribution in [2.45, 2.75) is 123 Å². The maximum Gasteiger partial charge on any atom is 0.187 e. The van der Waals surface area contributed by atoms with Crippen LogP contribution in [0.25, 0.3) is 0 Å². The van der Waals surface area contributed by atoms with Crippen molar-refractivity contribution in [3.8, 4) is 0 Å². The van der Waals surface area contributed by atoms with E-state index in [0.717, 1.165) is 0 Å². The Bertz CT molecular complexity index is 868. The molecule has 0 aromatic carbocycles.